The summed E-state index contributed by atoms with van der Waals surface area (Å²) in [6.07, 6.45) is 0.968. The molecular weight excluding hydrogens is 340 g/mol. The van der Waals surface area contributed by atoms with Crippen LogP contribution in [0.4, 0.5) is 20.2 Å². The predicted molar refractivity (Wildman–Crippen MR) is 105 cm³/mol. The molecule has 0 unspecified atom stereocenters. The second kappa shape index (κ2) is 8.94. The fourth-order valence-corrected chi connectivity index (χ4v) is 3.29. The lowest BCUT2D eigenvalue weighted by molar-refractivity contribution is -0.103. The van der Waals surface area contributed by atoms with E-state index in [2.05, 4.69) is 21.6 Å². The lowest BCUT2D eigenvalue weighted by Crippen LogP contribution is -2.57. The minimum absolute atomic E-state index is 0. The molecule has 0 amide bonds. The topological polar surface area (TPSA) is 83.4 Å². The van der Waals surface area contributed by atoms with E-state index < -0.39 is 5.92 Å². The summed E-state index contributed by atoms with van der Waals surface area (Å²) in [5.41, 5.74) is 7.41. The first-order chi connectivity index (χ1) is 12.0. The van der Waals surface area contributed by atoms with Gasteiger partial charge < -0.3 is 15.4 Å². The summed E-state index contributed by atoms with van der Waals surface area (Å²) in [4.78, 5) is 0. The van der Waals surface area contributed by atoms with E-state index in [0.717, 1.165) is 24.5 Å². The van der Waals surface area contributed by atoms with Crippen molar-refractivity contribution in [2.24, 2.45) is 11.3 Å². The Morgan fingerprint density at radius 2 is 1.69 bits per heavy atom. The number of hydrogen-bond acceptors (Lipinski definition) is 6. The normalized spacial score (nSPS) is 21.3. The van der Waals surface area contributed by atoms with Crippen LogP contribution in [0, 0.1) is 5.41 Å². The summed E-state index contributed by atoms with van der Waals surface area (Å²) >= 11 is 0. The van der Waals surface area contributed by atoms with Crippen LogP contribution in [0.1, 0.15) is 36.0 Å². The van der Waals surface area contributed by atoms with Crippen LogP contribution in [0.5, 0.6) is 0 Å². The molecule has 0 spiro atoms. The van der Waals surface area contributed by atoms with Crippen molar-refractivity contribution < 1.29 is 16.4 Å². The molecule has 2 aliphatic rings. The van der Waals surface area contributed by atoms with E-state index in [1.165, 1.54) is 0 Å². The van der Waals surface area contributed by atoms with Gasteiger partial charge in [-0.15, -0.1) is 0 Å². The van der Waals surface area contributed by atoms with E-state index in [1.807, 2.05) is 24.3 Å². The average molecular weight is 376 g/mol. The predicted octanol–water partition coefficient (Wildman–Crippen LogP) is 3.20. The Morgan fingerprint density at radius 1 is 1.08 bits per heavy atom. The lowest BCUT2D eigenvalue weighted by atomic mass is 9.86. The van der Waals surface area contributed by atoms with Crippen LogP contribution in [0.25, 0.3) is 0 Å². The maximum atomic E-state index is 13.2. The van der Waals surface area contributed by atoms with Gasteiger partial charge in [0.25, 0.3) is 0 Å². The van der Waals surface area contributed by atoms with E-state index >= 15 is 0 Å². The smallest absolute Gasteiger partial charge is 0.248 e. The molecular formula is C18H35F2N5O. The zero-order valence-electron chi connectivity index (χ0n) is 14.3. The molecule has 0 bridgehead atoms. The van der Waals surface area contributed by atoms with Crippen LogP contribution in [0.2, 0.25) is 0 Å². The highest BCUT2D eigenvalue weighted by Gasteiger charge is 2.38. The Labute approximate surface area is 157 Å². The monoisotopic (exact) mass is 375 g/mol. The number of hydrazine groups is 2. The Morgan fingerprint density at radius 3 is 2.23 bits per heavy atom. The molecule has 1 saturated heterocycles. The van der Waals surface area contributed by atoms with Gasteiger partial charge in [0.05, 0.1) is 13.2 Å². The minimum Gasteiger partial charge on any atom is -0.384 e. The number of nitrogens with one attached hydrogen (secondary N) is 4. The van der Waals surface area contributed by atoms with Crippen molar-refractivity contribution in [3.05, 3.63) is 24.3 Å². The van der Waals surface area contributed by atoms with Crippen molar-refractivity contribution in [1.29, 1.82) is 0 Å². The van der Waals surface area contributed by atoms with Gasteiger partial charge in [-0.2, -0.15) is 5.53 Å². The minimum atomic E-state index is -2.48. The first-order valence-corrected chi connectivity index (χ1v) is 8.75. The molecule has 0 radical (unpaired) electrons. The van der Waals surface area contributed by atoms with E-state index in [-0.39, 0.29) is 34.6 Å². The fraction of sp³-hybridized carbons (Fsp3) is 0.667. The van der Waals surface area contributed by atoms with Gasteiger partial charge in [-0.25, -0.2) is 14.2 Å². The average Bonchev–Trinajstić information content (AvgIpc) is 2.57. The highest BCUT2D eigenvalue weighted by atomic mass is 19.3. The number of ether oxygens (including phenoxy) is 1. The zero-order chi connectivity index (χ0) is 17.8. The molecule has 8 heteroatoms. The van der Waals surface area contributed by atoms with E-state index in [1.54, 1.807) is 0 Å². The molecule has 1 aliphatic carbocycles. The highest BCUT2D eigenvalue weighted by Crippen LogP contribution is 2.34. The summed E-state index contributed by atoms with van der Waals surface area (Å²) in [6, 6.07) is 8.10. The molecule has 0 atom stereocenters. The number of halogens is 2. The molecule has 0 aromatic heterocycles. The molecule has 1 heterocycles. The summed E-state index contributed by atoms with van der Waals surface area (Å²) in [5, 5.41) is 6.78. The standard InChI is InChI=1S/C17H27F2N5O.CH4.2H2/c18-17(19)7-5-15(6-8-17)23-14-3-1-13(2-4-14)21-9-16(10-22-24-20)11-25-12-16;;;/h1-4,15,21-24H,5-12,20H2;1H4;2*1H. The Hall–Kier alpha value is -1.48. The number of rotatable bonds is 8. The van der Waals surface area contributed by atoms with Crippen LogP contribution >= 0.6 is 0 Å². The molecule has 152 valence electrons. The zero-order valence-corrected chi connectivity index (χ0v) is 14.3. The van der Waals surface area contributed by atoms with Crippen molar-refractivity contribution in [1.82, 2.24) is 11.0 Å². The molecule has 2 fully saturated rings. The van der Waals surface area contributed by atoms with Gasteiger partial charge in [-0.1, -0.05) is 7.43 Å². The van der Waals surface area contributed by atoms with Gasteiger partial charge in [0.1, 0.15) is 0 Å². The van der Waals surface area contributed by atoms with E-state index in [4.69, 9.17) is 10.6 Å². The van der Waals surface area contributed by atoms with Crippen molar-refractivity contribution in [2.75, 3.05) is 36.9 Å². The number of anilines is 2. The van der Waals surface area contributed by atoms with Crippen LogP contribution in [0.3, 0.4) is 0 Å². The second-order valence-corrected chi connectivity index (χ2v) is 7.20. The number of benzene rings is 1. The van der Waals surface area contributed by atoms with Gasteiger partial charge in [0.2, 0.25) is 5.92 Å². The number of nitrogens with two attached hydrogens (primary N) is 1. The third-order valence-electron chi connectivity index (χ3n) is 5.02. The lowest BCUT2D eigenvalue weighted by Gasteiger charge is -2.41. The van der Waals surface area contributed by atoms with Gasteiger partial charge in [0, 0.05) is 51.6 Å². The maximum Gasteiger partial charge on any atom is 0.248 e. The molecule has 6 nitrogen and oxygen atoms in total. The quantitative estimate of drug-likeness (QED) is 0.355. The number of alkyl halides is 2. The van der Waals surface area contributed by atoms with Crippen molar-refractivity contribution >= 4 is 11.4 Å². The van der Waals surface area contributed by atoms with E-state index in [9.17, 15) is 8.78 Å². The molecule has 1 saturated carbocycles. The van der Waals surface area contributed by atoms with Crippen LogP contribution < -0.4 is 27.4 Å². The Bertz CT molecular complexity index is 551. The molecule has 1 aromatic rings. The summed E-state index contributed by atoms with van der Waals surface area (Å²) in [6.45, 7) is 2.90. The third kappa shape index (κ3) is 5.51. The largest absolute Gasteiger partial charge is 0.384 e. The van der Waals surface area contributed by atoms with Gasteiger partial charge >= 0.3 is 0 Å². The SMILES string of the molecule is C.NNNCC1(CNc2ccc(NC3CCC(F)(F)CC3)cc2)COC1.[HH].[HH]. The van der Waals surface area contributed by atoms with Crippen LogP contribution in [-0.4, -0.2) is 38.3 Å². The van der Waals surface area contributed by atoms with Gasteiger partial charge in [-0.05, 0) is 37.1 Å². The Balaban J connectivity index is 0.00000243. The van der Waals surface area contributed by atoms with Crippen LogP contribution in [0.15, 0.2) is 24.3 Å². The first kappa shape index (κ1) is 20.8. The van der Waals surface area contributed by atoms with Crippen molar-refractivity contribution in [3.8, 4) is 0 Å². The van der Waals surface area contributed by atoms with Crippen molar-refractivity contribution in [2.45, 2.75) is 45.1 Å². The van der Waals surface area contributed by atoms with Crippen molar-refractivity contribution in [3.63, 3.8) is 0 Å². The highest BCUT2D eigenvalue weighted by molar-refractivity contribution is 5.54. The summed E-state index contributed by atoms with van der Waals surface area (Å²) in [7, 11) is 0. The summed E-state index contributed by atoms with van der Waals surface area (Å²) in [5.74, 6) is 2.77. The maximum absolute atomic E-state index is 13.2. The molecule has 1 aliphatic heterocycles. The third-order valence-corrected chi connectivity index (χ3v) is 5.02. The van der Waals surface area contributed by atoms with Crippen LogP contribution in [-0.2, 0) is 4.74 Å². The number of hydrogen-bond donors (Lipinski definition) is 5. The molecule has 26 heavy (non-hydrogen) atoms. The van der Waals surface area contributed by atoms with Gasteiger partial charge in [0.15, 0.2) is 0 Å². The molecule has 1 aromatic carbocycles. The van der Waals surface area contributed by atoms with E-state index in [0.29, 0.717) is 26.1 Å². The molecule has 6 N–H and O–H groups in total. The Kier molecular flexibility index (Phi) is 7.16. The fourth-order valence-electron chi connectivity index (χ4n) is 3.29. The molecule has 3 rings (SSSR count). The van der Waals surface area contributed by atoms with Gasteiger partial charge in [-0.3, -0.25) is 5.84 Å². The second-order valence-electron chi connectivity index (χ2n) is 7.20. The first-order valence-electron chi connectivity index (χ1n) is 8.75. The summed E-state index contributed by atoms with van der Waals surface area (Å²) < 4.78 is 31.7.